The first-order chi connectivity index (χ1) is 9.29. The van der Waals surface area contributed by atoms with Gasteiger partial charge >= 0.3 is 0 Å². The van der Waals surface area contributed by atoms with Crippen LogP contribution in [0.5, 0.6) is 0 Å². The predicted molar refractivity (Wildman–Crippen MR) is 86.9 cm³/mol. The van der Waals surface area contributed by atoms with Crippen molar-refractivity contribution in [3.8, 4) is 0 Å². The Morgan fingerprint density at radius 3 is 2.40 bits per heavy atom. The molecule has 0 aliphatic heterocycles. The molecule has 0 saturated heterocycles. The second-order valence-electron chi connectivity index (χ2n) is 5.77. The summed E-state index contributed by atoms with van der Waals surface area (Å²) in [5.74, 6) is -0.338. The van der Waals surface area contributed by atoms with Crippen LogP contribution in [0.1, 0.15) is 26.3 Å². The molecule has 0 radical (unpaired) electrons. The van der Waals surface area contributed by atoms with Crippen molar-refractivity contribution < 1.29 is 4.39 Å². The number of hydrogen-bond donors (Lipinski definition) is 2. The third kappa shape index (κ3) is 3.12. The largest absolute Gasteiger partial charge is 0.397 e. The maximum Gasteiger partial charge on any atom is 0.139 e. The van der Waals surface area contributed by atoms with Crippen molar-refractivity contribution in [3.63, 3.8) is 0 Å². The van der Waals surface area contributed by atoms with Crippen molar-refractivity contribution >= 4 is 33.0 Å². The van der Waals surface area contributed by atoms with E-state index < -0.39 is 0 Å². The van der Waals surface area contributed by atoms with E-state index in [9.17, 15) is 4.39 Å². The number of nitrogens with two attached hydrogens (primary N) is 1. The van der Waals surface area contributed by atoms with E-state index in [1.807, 2.05) is 18.2 Å². The Morgan fingerprint density at radius 1 is 1.10 bits per heavy atom. The lowest BCUT2D eigenvalue weighted by molar-refractivity contribution is 0.592. The highest BCUT2D eigenvalue weighted by Crippen LogP contribution is 2.34. The molecule has 0 aromatic heterocycles. The van der Waals surface area contributed by atoms with Crippen molar-refractivity contribution in [1.29, 1.82) is 0 Å². The molecule has 2 aromatic carbocycles. The first-order valence-corrected chi connectivity index (χ1v) is 7.19. The zero-order valence-electron chi connectivity index (χ0n) is 11.8. The summed E-state index contributed by atoms with van der Waals surface area (Å²) in [4.78, 5) is 0. The van der Waals surface area contributed by atoms with Crippen LogP contribution in [-0.2, 0) is 5.41 Å². The summed E-state index contributed by atoms with van der Waals surface area (Å²) in [5.41, 5.74) is 9.10. The van der Waals surface area contributed by atoms with Gasteiger partial charge in [0.1, 0.15) is 5.82 Å². The van der Waals surface area contributed by atoms with Crippen molar-refractivity contribution in [2.45, 2.75) is 26.2 Å². The molecule has 2 rings (SSSR count). The smallest absolute Gasteiger partial charge is 0.139 e. The molecule has 106 valence electrons. The lowest BCUT2D eigenvalue weighted by Gasteiger charge is -2.24. The summed E-state index contributed by atoms with van der Waals surface area (Å²) in [5, 5.41) is 3.23. The quantitative estimate of drug-likeness (QED) is 0.738. The van der Waals surface area contributed by atoms with E-state index in [0.29, 0.717) is 15.8 Å². The van der Waals surface area contributed by atoms with E-state index in [0.717, 1.165) is 11.3 Å². The zero-order chi connectivity index (χ0) is 14.9. The molecule has 0 heterocycles. The van der Waals surface area contributed by atoms with Gasteiger partial charge in [-0.1, -0.05) is 39.0 Å². The zero-order valence-corrected chi connectivity index (χ0v) is 13.4. The van der Waals surface area contributed by atoms with Gasteiger partial charge in [-0.2, -0.15) is 0 Å². The summed E-state index contributed by atoms with van der Waals surface area (Å²) < 4.78 is 14.0. The lowest BCUT2D eigenvalue weighted by atomic mass is 9.86. The first kappa shape index (κ1) is 14.9. The molecule has 0 unspecified atom stereocenters. The van der Waals surface area contributed by atoms with Crippen molar-refractivity contribution in [3.05, 3.63) is 52.3 Å². The highest BCUT2D eigenvalue weighted by Gasteiger charge is 2.18. The summed E-state index contributed by atoms with van der Waals surface area (Å²) >= 11 is 3.13. The van der Waals surface area contributed by atoms with Gasteiger partial charge in [-0.15, -0.1) is 0 Å². The number of benzene rings is 2. The van der Waals surface area contributed by atoms with E-state index in [-0.39, 0.29) is 11.2 Å². The Hall–Kier alpha value is -1.55. The fraction of sp³-hybridized carbons (Fsp3) is 0.250. The van der Waals surface area contributed by atoms with Crippen LogP contribution in [0.15, 0.2) is 40.9 Å². The Bertz CT molecular complexity index is 633. The molecule has 0 atom stereocenters. The summed E-state index contributed by atoms with van der Waals surface area (Å²) in [6, 6.07) is 10.9. The first-order valence-electron chi connectivity index (χ1n) is 6.40. The van der Waals surface area contributed by atoms with Gasteiger partial charge in [0.15, 0.2) is 0 Å². The Balaban J connectivity index is 2.43. The maximum absolute atomic E-state index is 13.7. The molecule has 4 heteroatoms. The molecule has 2 nitrogen and oxygen atoms in total. The molecule has 2 aromatic rings. The molecule has 0 fully saturated rings. The van der Waals surface area contributed by atoms with Gasteiger partial charge in [-0.25, -0.2) is 4.39 Å². The fourth-order valence-electron chi connectivity index (χ4n) is 2.06. The lowest BCUT2D eigenvalue weighted by Crippen LogP contribution is -2.13. The normalized spacial score (nSPS) is 11.4. The molecule has 0 amide bonds. The van der Waals surface area contributed by atoms with Gasteiger partial charge in [0.2, 0.25) is 0 Å². The summed E-state index contributed by atoms with van der Waals surface area (Å²) in [6.07, 6.45) is 0. The molecule has 0 bridgehead atoms. The molecule has 0 aliphatic rings. The molecule has 20 heavy (non-hydrogen) atoms. The third-order valence-electron chi connectivity index (χ3n) is 3.10. The average Bonchev–Trinajstić information content (AvgIpc) is 2.35. The van der Waals surface area contributed by atoms with Crippen molar-refractivity contribution in [2.24, 2.45) is 0 Å². The minimum atomic E-state index is -0.338. The molecular weight excluding hydrogens is 319 g/mol. The number of nitrogens with one attached hydrogen (secondary N) is 1. The predicted octanol–water partition coefficient (Wildman–Crippen LogP) is 5.21. The minimum absolute atomic E-state index is 0.00768. The standard InChI is InChI=1S/C16H18BrFN2/c1-16(2,3)10-6-4-5-7-14(10)20-15-9-12(18)11(17)8-13(15)19/h4-9,20H,19H2,1-3H3. The fourth-order valence-corrected chi connectivity index (χ4v) is 2.42. The average molecular weight is 337 g/mol. The summed E-state index contributed by atoms with van der Waals surface area (Å²) in [6.45, 7) is 6.41. The molecule has 0 spiro atoms. The van der Waals surface area contributed by atoms with Gasteiger partial charge in [-0.05, 0) is 39.0 Å². The Kier molecular flexibility index (Phi) is 4.04. The van der Waals surface area contributed by atoms with Crippen LogP contribution in [0.4, 0.5) is 21.5 Å². The number of rotatable bonds is 2. The molecule has 3 N–H and O–H groups in total. The monoisotopic (exact) mass is 336 g/mol. The van der Waals surface area contributed by atoms with Gasteiger partial charge < -0.3 is 11.1 Å². The SMILES string of the molecule is CC(C)(C)c1ccccc1Nc1cc(F)c(Br)cc1N. The Labute approximate surface area is 127 Å². The van der Waals surface area contributed by atoms with Crippen LogP contribution in [0.3, 0.4) is 0 Å². The number of para-hydroxylation sites is 1. The van der Waals surface area contributed by atoms with Crippen LogP contribution >= 0.6 is 15.9 Å². The number of halogens is 2. The summed E-state index contributed by atoms with van der Waals surface area (Å²) in [7, 11) is 0. The van der Waals surface area contributed by atoms with Crippen LogP contribution in [0.25, 0.3) is 0 Å². The molecular formula is C16H18BrFN2. The number of anilines is 3. The maximum atomic E-state index is 13.7. The third-order valence-corrected chi connectivity index (χ3v) is 3.70. The van der Waals surface area contributed by atoms with Gasteiger partial charge in [-0.3, -0.25) is 0 Å². The molecule has 0 aliphatic carbocycles. The van der Waals surface area contributed by atoms with Gasteiger partial charge in [0, 0.05) is 11.8 Å². The van der Waals surface area contributed by atoms with Crippen LogP contribution in [0.2, 0.25) is 0 Å². The van der Waals surface area contributed by atoms with Crippen molar-refractivity contribution in [2.75, 3.05) is 11.1 Å². The van der Waals surface area contributed by atoms with Gasteiger partial charge in [0.05, 0.1) is 15.8 Å². The van der Waals surface area contributed by atoms with E-state index in [1.165, 1.54) is 6.07 Å². The second-order valence-corrected chi connectivity index (χ2v) is 6.63. The van der Waals surface area contributed by atoms with Crippen LogP contribution in [-0.4, -0.2) is 0 Å². The highest BCUT2D eigenvalue weighted by atomic mass is 79.9. The highest BCUT2D eigenvalue weighted by molar-refractivity contribution is 9.10. The Morgan fingerprint density at radius 2 is 1.75 bits per heavy atom. The number of nitrogen functional groups attached to an aromatic ring is 1. The van der Waals surface area contributed by atoms with Gasteiger partial charge in [0.25, 0.3) is 0 Å². The second kappa shape index (κ2) is 5.44. The minimum Gasteiger partial charge on any atom is -0.397 e. The van der Waals surface area contributed by atoms with E-state index in [2.05, 4.69) is 48.1 Å². The molecule has 0 saturated carbocycles. The topological polar surface area (TPSA) is 38.0 Å². The van der Waals surface area contributed by atoms with E-state index in [1.54, 1.807) is 6.07 Å². The van der Waals surface area contributed by atoms with E-state index >= 15 is 0 Å². The van der Waals surface area contributed by atoms with E-state index in [4.69, 9.17) is 5.73 Å². The van der Waals surface area contributed by atoms with Crippen LogP contribution < -0.4 is 11.1 Å². The van der Waals surface area contributed by atoms with Crippen molar-refractivity contribution in [1.82, 2.24) is 0 Å². The van der Waals surface area contributed by atoms with Crippen LogP contribution in [0, 0.1) is 5.82 Å². The number of hydrogen-bond acceptors (Lipinski definition) is 2.